The van der Waals surface area contributed by atoms with E-state index >= 15 is 0 Å². The highest BCUT2D eigenvalue weighted by Gasteiger charge is 2.24. The van der Waals surface area contributed by atoms with E-state index in [9.17, 15) is 0 Å². The van der Waals surface area contributed by atoms with Gasteiger partial charge < -0.3 is 24.5 Å². The van der Waals surface area contributed by atoms with Gasteiger partial charge in [0.05, 0.1) is 22.7 Å². The quantitative estimate of drug-likeness (QED) is 0.0794. The van der Waals surface area contributed by atoms with Gasteiger partial charge in [0, 0.05) is 84.1 Å². The lowest BCUT2D eigenvalue weighted by Crippen LogP contribution is -2.10. The molecule has 23 rings (SSSR count). The highest BCUT2D eigenvalue weighted by molar-refractivity contribution is 6.19. The van der Waals surface area contributed by atoms with Crippen molar-refractivity contribution in [1.82, 2.24) is 0 Å². The Morgan fingerprint density at radius 1 is 0.0945 bits per heavy atom. The minimum atomic E-state index is 1.09. The molecule has 23 aromatic carbocycles. The predicted molar refractivity (Wildman–Crippen MR) is 543 cm³/mol. The van der Waals surface area contributed by atoms with Crippen LogP contribution >= 0.6 is 0 Å². The number of hydrogen-bond donors (Lipinski definition) is 0. The fourth-order valence-corrected chi connectivity index (χ4v) is 18.7. The van der Waals surface area contributed by atoms with Crippen LogP contribution in [0.4, 0.5) is 85.3 Å². The lowest BCUT2D eigenvalue weighted by atomic mass is 9.98. The number of anilines is 15. The molecule has 23 aromatic rings. The van der Waals surface area contributed by atoms with E-state index in [4.69, 9.17) is 0 Å². The first-order valence-corrected chi connectivity index (χ1v) is 43.5. The molecule has 0 saturated carbocycles. The third-order valence-corrected chi connectivity index (χ3v) is 24.8. The number of rotatable bonds is 18. The number of benzene rings is 23. The zero-order valence-electron chi connectivity index (χ0n) is 69.8. The van der Waals surface area contributed by atoms with Crippen LogP contribution in [0, 0.1) is 0 Å². The molecule has 5 nitrogen and oxygen atoms in total. The maximum atomic E-state index is 2.38. The van der Waals surface area contributed by atoms with Crippen molar-refractivity contribution < 1.29 is 0 Å². The Balaban J connectivity index is 0.000000157. The van der Waals surface area contributed by atoms with Crippen molar-refractivity contribution >= 4 is 171 Å². The molecule has 0 heterocycles. The van der Waals surface area contributed by atoms with Gasteiger partial charge in [-0.25, -0.2) is 0 Å². The average Bonchev–Trinajstić information content (AvgIpc) is 0.763. The van der Waals surface area contributed by atoms with Gasteiger partial charge in [0.15, 0.2) is 0 Å². The molecule has 0 fully saturated rings. The third kappa shape index (κ3) is 14.8. The number of fused-ring (bicyclic) bond motifs is 12. The highest BCUT2D eigenvalue weighted by Crippen LogP contribution is 2.49. The largest absolute Gasteiger partial charge is 0.311 e. The standard InChI is InChI=1S/C70H49N3.C52H36N2/c1-4-20-56(21-5-1)71(59-40-32-50(33-41-59)52-36-44-61(45-37-52)72(57-22-6-2-7-23-57)69-48-54-18-10-12-26-63(54)65-28-14-16-30-67(65)69)60-42-34-51(35-43-60)53-38-46-62(47-39-53)73(58-24-8-3-9-25-58)70-49-55-19-11-13-27-64(55)66-29-15-17-31-68(66)70;1-3-17-41(18-4-1)53(51-35-39-15-7-9-21-45(39)47-23-11-13-25-49(47)51)43-31-27-37(28-32-43)38-29-33-44(34-30-38)54(42-19-5-2-6-20-42)52-36-40-16-8-10-22-46(40)48-24-12-14-26-50(48)52/h1-49H;1-36H. The zero-order valence-corrected chi connectivity index (χ0v) is 69.8. The SMILES string of the molecule is c1ccc(N(c2ccc(-c3ccc(N(c4ccccc4)c4cc5ccccc5c5ccccc45)cc3)cc2)c2cc3ccccc3c3ccccc23)cc1.c1ccc(N(c2ccc(-c3ccc(N(c4ccccc4)c4cc5ccccc5c5ccccc45)cc3)cc2)c2ccc(-c3ccc(N(c4ccccc4)c4cc5ccccc5c5ccccc45)cc3)cc2)cc1. The first-order valence-electron chi connectivity index (χ1n) is 43.5. The first kappa shape index (κ1) is 76.3. The Kier molecular flexibility index (Phi) is 20.3. The van der Waals surface area contributed by atoms with Crippen LogP contribution in [0.2, 0.25) is 0 Å². The number of para-hydroxylation sites is 5. The average molecular weight is 1620 g/mol. The summed E-state index contributed by atoms with van der Waals surface area (Å²) in [7, 11) is 0. The summed E-state index contributed by atoms with van der Waals surface area (Å²) in [6.45, 7) is 0. The summed E-state index contributed by atoms with van der Waals surface area (Å²) in [6, 6.07) is 186. The fraction of sp³-hybridized carbons (Fsp3) is 0. The van der Waals surface area contributed by atoms with E-state index in [1.807, 2.05) is 0 Å². The lowest BCUT2D eigenvalue weighted by Gasteiger charge is -2.28. The van der Waals surface area contributed by atoms with E-state index in [1.54, 1.807) is 0 Å². The maximum absolute atomic E-state index is 2.38. The summed E-state index contributed by atoms with van der Waals surface area (Å²) < 4.78 is 0. The molecule has 0 radical (unpaired) electrons. The van der Waals surface area contributed by atoms with Gasteiger partial charge in [-0.2, -0.15) is 0 Å². The topological polar surface area (TPSA) is 16.2 Å². The van der Waals surface area contributed by atoms with Crippen molar-refractivity contribution in [3.8, 4) is 33.4 Å². The van der Waals surface area contributed by atoms with Crippen molar-refractivity contribution in [3.05, 3.63) is 516 Å². The van der Waals surface area contributed by atoms with E-state index in [0.29, 0.717) is 0 Å². The summed E-state index contributed by atoms with van der Waals surface area (Å²) in [6.07, 6.45) is 0. The summed E-state index contributed by atoms with van der Waals surface area (Å²) in [5, 5.41) is 19.8. The van der Waals surface area contributed by atoms with Crippen LogP contribution in [0.5, 0.6) is 0 Å². The molecule has 0 aliphatic rings. The number of hydrogen-bond acceptors (Lipinski definition) is 5. The van der Waals surface area contributed by atoms with Crippen LogP contribution in [-0.4, -0.2) is 0 Å². The molecule has 0 spiro atoms. The highest BCUT2D eigenvalue weighted by atomic mass is 15.2. The van der Waals surface area contributed by atoms with Crippen LogP contribution in [0.15, 0.2) is 516 Å². The zero-order chi connectivity index (χ0) is 84.4. The van der Waals surface area contributed by atoms with Crippen molar-refractivity contribution in [1.29, 1.82) is 0 Å². The molecule has 0 aliphatic carbocycles. The molecule has 0 atom stereocenters. The van der Waals surface area contributed by atoms with Gasteiger partial charge >= 0.3 is 0 Å². The fourth-order valence-electron chi connectivity index (χ4n) is 18.7. The molecular formula is C122H85N5. The summed E-state index contributed by atoms with van der Waals surface area (Å²) in [5.41, 5.74) is 23.8. The van der Waals surface area contributed by atoms with E-state index < -0.39 is 0 Å². The van der Waals surface area contributed by atoms with E-state index in [0.717, 1.165) is 108 Å². The number of nitrogens with zero attached hydrogens (tertiary/aromatic N) is 5. The molecule has 0 unspecified atom stereocenters. The molecule has 598 valence electrons. The minimum absolute atomic E-state index is 1.09. The van der Waals surface area contributed by atoms with Gasteiger partial charge in [0.25, 0.3) is 0 Å². The van der Waals surface area contributed by atoms with Gasteiger partial charge in [0.1, 0.15) is 0 Å². The molecule has 0 N–H and O–H groups in total. The second-order valence-corrected chi connectivity index (χ2v) is 32.3. The van der Waals surface area contributed by atoms with Crippen molar-refractivity contribution in [2.45, 2.75) is 0 Å². The van der Waals surface area contributed by atoms with E-state index in [2.05, 4.69) is 540 Å². The first-order chi connectivity index (χ1) is 63.0. The van der Waals surface area contributed by atoms with E-state index in [-0.39, 0.29) is 0 Å². The van der Waals surface area contributed by atoms with Crippen molar-refractivity contribution in [2.75, 3.05) is 24.5 Å². The molecule has 0 amide bonds. The molecular weight excluding hydrogens is 1540 g/mol. The lowest BCUT2D eigenvalue weighted by molar-refractivity contribution is 1.28. The molecule has 0 aromatic heterocycles. The van der Waals surface area contributed by atoms with Crippen LogP contribution < -0.4 is 24.5 Å². The smallest absolute Gasteiger partial charge is 0.0546 e. The van der Waals surface area contributed by atoms with Gasteiger partial charge in [-0.3, -0.25) is 0 Å². The summed E-state index contributed by atoms with van der Waals surface area (Å²) >= 11 is 0. The molecule has 0 saturated heterocycles. The molecule has 5 heteroatoms. The van der Waals surface area contributed by atoms with Crippen molar-refractivity contribution in [2.24, 2.45) is 0 Å². The van der Waals surface area contributed by atoms with Gasteiger partial charge in [-0.15, -0.1) is 0 Å². The van der Waals surface area contributed by atoms with Gasteiger partial charge in [-0.05, 0) is 256 Å². The van der Waals surface area contributed by atoms with Gasteiger partial charge in [0.2, 0.25) is 0 Å². The Morgan fingerprint density at radius 3 is 0.417 bits per heavy atom. The Bertz CT molecular complexity index is 7440. The maximum Gasteiger partial charge on any atom is 0.0546 e. The van der Waals surface area contributed by atoms with Crippen LogP contribution in [-0.2, 0) is 0 Å². The second kappa shape index (κ2) is 33.9. The monoisotopic (exact) mass is 1620 g/mol. The molecule has 127 heavy (non-hydrogen) atoms. The second-order valence-electron chi connectivity index (χ2n) is 32.3. The predicted octanol–water partition coefficient (Wildman–Crippen LogP) is 34.9. The van der Waals surface area contributed by atoms with Crippen LogP contribution in [0.25, 0.3) is 120 Å². The minimum Gasteiger partial charge on any atom is -0.311 e. The van der Waals surface area contributed by atoms with Crippen LogP contribution in [0.1, 0.15) is 0 Å². The van der Waals surface area contributed by atoms with Crippen LogP contribution in [0.3, 0.4) is 0 Å². The van der Waals surface area contributed by atoms with Gasteiger partial charge in [-0.1, -0.05) is 358 Å². The Labute approximate surface area is 739 Å². The Morgan fingerprint density at radius 2 is 0.228 bits per heavy atom. The molecule has 0 aliphatic heterocycles. The van der Waals surface area contributed by atoms with Crippen molar-refractivity contribution in [3.63, 3.8) is 0 Å². The summed E-state index contributed by atoms with van der Waals surface area (Å²) in [5.74, 6) is 0. The van der Waals surface area contributed by atoms with E-state index in [1.165, 1.54) is 97.3 Å². The molecule has 0 bridgehead atoms. The third-order valence-electron chi connectivity index (χ3n) is 24.8. The normalized spacial score (nSPS) is 11.3. The Hall–Kier alpha value is -16.9. The summed E-state index contributed by atoms with van der Waals surface area (Å²) in [4.78, 5) is 11.9.